The third-order valence-corrected chi connectivity index (χ3v) is 6.78. The van der Waals surface area contributed by atoms with Gasteiger partial charge in [-0.2, -0.15) is 0 Å². The predicted molar refractivity (Wildman–Crippen MR) is 52.0 cm³/mol. The molecular weight excluding hydrogens is 230 g/mol. The smallest absolute Gasteiger partial charge is 0.324 e. The molecule has 0 aliphatic rings. The van der Waals surface area contributed by atoms with Crippen LogP contribution in [0.15, 0.2) is 0 Å². The molecular formula is C6H16O6P2. The van der Waals surface area contributed by atoms with Gasteiger partial charge in [-0.05, 0) is 13.3 Å². The summed E-state index contributed by atoms with van der Waals surface area (Å²) in [5.74, 6) is 0. The molecule has 0 aliphatic carbocycles. The Bertz CT molecular complexity index is 254. The number of unbranched alkanes of at least 4 members (excludes halogenated alkanes) is 1. The van der Waals surface area contributed by atoms with Gasteiger partial charge in [0.2, 0.25) is 0 Å². The normalized spacial score (nSPS) is 14.4. The summed E-state index contributed by atoms with van der Waals surface area (Å²) in [7, 11) is -9.60. The molecule has 0 atom stereocenters. The highest BCUT2D eigenvalue weighted by Gasteiger charge is 2.55. The zero-order valence-electron chi connectivity index (χ0n) is 8.12. The highest BCUT2D eigenvalue weighted by atomic mass is 31.2. The van der Waals surface area contributed by atoms with Gasteiger partial charge in [-0.1, -0.05) is 19.8 Å². The van der Waals surface area contributed by atoms with E-state index in [-0.39, 0.29) is 6.42 Å². The van der Waals surface area contributed by atoms with E-state index in [0.717, 1.165) is 6.92 Å². The number of rotatable bonds is 5. The highest BCUT2D eigenvalue weighted by Crippen LogP contribution is 2.70. The third-order valence-electron chi connectivity index (χ3n) is 2.26. The van der Waals surface area contributed by atoms with Crippen LogP contribution in [-0.2, 0) is 9.13 Å². The first-order valence-corrected chi connectivity index (χ1v) is 7.40. The summed E-state index contributed by atoms with van der Waals surface area (Å²) in [5, 5.41) is 0. The van der Waals surface area contributed by atoms with Crippen LogP contribution in [0.5, 0.6) is 0 Å². The molecule has 8 heteroatoms. The van der Waals surface area contributed by atoms with Gasteiger partial charge in [0, 0.05) is 0 Å². The molecule has 0 saturated heterocycles. The van der Waals surface area contributed by atoms with E-state index >= 15 is 0 Å². The van der Waals surface area contributed by atoms with Gasteiger partial charge in [0.05, 0.1) is 0 Å². The molecule has 0 heterocycles. The van der Waals surface area contributed by atoms with Crippen molar-refractivity contribution in [2.24, 2.45) is 0 Å². The van der Waals surface area contributed by atoms with E-state index in [1.54, 1.807) is 6.92 Å². The van der Waals surface area contributed by atoms with Crippen molar-refractivity contribution >= 4 is 15.2 Å². The number of hydrogen-bond acceptors (Lipinski definition) is 2. The molecule has 4 N–H and O–H groups in total. The summed E-state index contributed by atoms with van der Waals surface area (Å²) in [6.45, 7) is 2.71. The average molecular weight is 246 g/mol. The fourth-order valence-corrected chi connectivity index (χ4v) is 3.23. The van der Waals surface area contributed by atoms with E-state index in [9.17, 15) is 9.13 Å². The summed E-state index contributed by atoms with van der Waals surface area (Å²) in [4.78, 5) is 33.4. The Morgan fingerprint density at radius 1 is 1.07 bits per heavy atom. The average Bonchev–Trinajstić information content (AvgIpc) is 1.95. The lowest BCUT2D eigenvalue weighted by Crippen LogP contribution is -2.24. The molecule has 0 spiro atoms. The first kappa shape index (κ1) is 14.3. The fourth-order valence-electron chi connectivity index (χ4n) is 0.973. The molecule has 0 saturated carbocycles. The minimum Gasteiger partial charge on any atom is -0.324 e. The molecule has 0 amide bonds. The predicted octanol–water partition coefficient (Wildman–Crippen LogP) is 1.25. The molecule has 0 aromatic carbocycles. The van der Waals surface area contributed by atoms with Crippen LogP contribution in [0.2, 0.25) is 0 Å². The zero-order chi connectivity index (χ0) is 11.6. The van der Waals surface area contributed by atoms with Crippen LogP contribution >= 0.6 is 15.2 Å². The molecule has 0 fully saturated rings. The molecule has 0 aliphatic heterocycles. The first-order chi connectivity index (χ1) is 6.06. The molecule has 6 nitrogen and oxygen atoms in total. The van der Waals surface area contributed by atoms with Crippen LogP contribution in [0, 0.1) is 0 Å². The summed E-state index contributed by atoms with van der Waals surface area (Å²) in [6.07, 6.45) is 0.806. The second kappa shape index (κ2) is 4.44. The monoisotopic (exact) mass is 246 g/mol. The van der Waals surface area contributed by atoms with Gasteiger partial charge < -0.3 is 19.6 Å². The highest BCUT2D eigenvalue weighted by molar-refractivity contribution is 7.72. The second-order valence-electron chi connectivity index (χ2n) is 3.41. The van der Waals surface area contributed by atoms with E-state index in [1.807, 2.05) is 0 Å². The minimum atomic E-state index is -4.80. The molecule has 0 radical (unpaired) electrons. The summed E-state index contributed by atoms with van der Waals surface area (Å²) < 4.78 is 22.0. The lowest BCUT2D eigenvalue weighted by molar-refractivity contribution is 0.305. The molecule has 0 aromatic heterocycles. The standard InChI is InChI=1S/C6H16O6P2/c1-3-4-5-6(2,13(7,8)9)14(10,11)12/h3-5H2,1-2H3,(H2,7,8,9)(H2,10,11,12). The van der Waals surface area contributed by atoms with Crippen LogP contribution in [0.3, 0.4) is 0 Å². The van der Waals surface area contributed by atoms with Gasteiger partial charge >= 0.3 is 15.2 Å². The largest absolute Gasteiger partial charge is 0.343 e. The van der Waals surface area contributed by atoms with Gasteiger partial charge in [-0.3, -0.25) is 9.13 Å². The van der Waals surface area contributed by atoms with Crippen molar-refractivity contribution in [2.75, 3.05) is 0 Å². The Kier molecular flexibility index (Phi) is 4.53. The van der Waals surface area contributed by atoms with E-state index in [4.69, 9.17) is 19.6 Å². The van der Waals surface area contributed by atoms with Gasteiger partial charge in [0.25, 0.3) is 0 Å². The van der Waals surface area contributed by atoms with Crippen molar-refractivity contribution in [3.63, 3.8) is 0 Å². The van der Waals surface area contributed by atoms with Crippen LogP contribution in [0.4, 0.5) is 0 Å². The van der Waals surface area contributed by atoms with Gasteiger partial charge in [0.15, 0.2) is 4.90 Å². The summed E-state index contributed by atoms with van der Waals surface area (Å²) >= 11 is 0. The lowest BCUT2D eigenvalue weighted by atomic mass is 10.2. The first-order valence-electron chi connectivity index (χ1n) is 4.17. The molecule has 14 heavy (non-hydrogen) atoms. The summed E-state index contributed by atoms with van der Waals surface area (Å²) in [5.41, 5.74) is 0. The van der Waals surface area contributed by atoms with Crippen molar-refractivity contribution in [1.29, 1.82) is 0 Å². The van der Waals surface area contributed by atoms with Crippen molar-refractivity contribution in [3.05, 3.63) is 0 Å². The second-order valence-corrected chi connectivity index (χ2v) is 7.91. The Morgan fingerprint density at radius 2 is 1.43 bits per heavy atom. The molecule has 86 valence electrons. The molecule has 0 bridgehead atoms. The van der Waals surface area contributed by atoms with Crippen LogP contribution in [0.1, 0.15) is 33.1 Å². The Hall–Kier alpha value is 0.300. The summed E-state index contributed by atoms with van der Waals surface area (Å²) in [6, 6.07) is 0. The maximum Gasteiger partial charge on any atom is 0.343 e. The Balaban J connectivity index is 5.08. The maximum absolute atomic E-state index is 11.0. The van der Waals surface area contributed by atoms with Crippen molar-refractivity contribution in [2.45, 2.75) is 38.0 Å². The SMILES string of the molecule is CCCCC(C)(P(=O)(O)O)P(=O)(O)O. The van der Waals surface area contributed by atoms with Gasteiger partial charge in [-0.25, -0.2) is 0 Å². The number of hydrogen-bond donors (Lipinski definition) is 4. The quantitative estimate of drug-likeness (QED) is 0.542. The van der Waals surface area contributed by atoms with Crippen LogP contribution < -0.4 is 0 Å². The van der Waals surface area contributed by atoms with Gasteiger partial charge in [-0.15, -0.1) is 0 Å². The van der Waals surface area contributed by atoms with Crippen molar-refractivity contribution in [3.8, 4) is 0 Å². The third kappa shape index (κ3) is 2.89. The van der Waals surface area contributed by atoms with Gasteiger partial charge in [0.1, 0.15) is 0 Å². The molecule has 0 aromatic rings. The zero-order valence-corrected chi connectivity index (χ0v) is 9.91. The van der Waals surface area contributed by atoms with E-state index in [1.165, 1.54) is 0 Å². The maximum atomic E-state index is 11.0. The minimum absolute atomic E-state index is 0.182. The van der Waals surface area contributed by atoms with E-state index in [0.29, 0.717) is 12.8 Å². The fraction of sp³-hybridized carbons (Fsp3) is 1.00. The van der Waals surface area contributed by atoms with Crippen LogP contribution in [0.25, 0.3) is 0 Å². The lowest BCUT2D eigenvalue weighted by Gasteiger charge is -2.30. The van der Waals surface area contributed by atoms with Crippen LogP contribution in [-0.4, -0.2) is 24.5 Å². The topological polar surface area (TPSA) is 115 Å². The molecule has 0 unspecified atom stereocenters. The Labute approximate surface area is 82.7 Å². The van der Waals surface area contributed by atoms with Crippen molar-refractivity contribution in [1.82, 2.24) is 0 Å². The molecule has 0 rings (SSSR count). The van der Waals surface area contributed by atoms with Crippen molar-refractivity contribution < 1.29 is 28.7 Å². The Morgan fingerprint density at radius 3 is 1.64 bits per heavy atom. The van der Waals surface area contributed by atoms with E-state index < -0.39 is 20.1 Å². The van der Waals surface area contributed by atoms with E-state index in [2.05, 4.69) is 0 Å².